The molecule has 6 nitrogen and oxygen atoms in total. The molecule has 1 saturated heterocycles. The highest BCUT2D eigenvalue weighted by Gasteiger charge is 2.37. The number of nitrogens with one attached hydrogen (secondary N) is 2. The average Bonchev–Trinajstić information content (AvgIpc) is 3.49. The number of hydrogen-bond donors (Lipinski definition) is 2. The van der Waals surface area contributed by atoms with Crippen molar-refractivity contribution in [2.45, 2.75) is 44.3 Å². The first-order valence-corrected chi connectivity index (χ1v) is 11.4. The van der Waals surface area contributed by atoms with Crippen molar-refractivity contribution < 1.29 is 9.80 Å². The Kier molecular flexibility index (Phi) is 5.86. The van der Waals surface area contributed by atoms with E-state index < -0.39 is 0 Å². The van der Waals surface area contributed by atoms with E-state index in [0.29, 0.717) is 6.54 Å². The van der Waals surface area contributed by atoms with Crippen LogP contribution in [0.15, 0.2) is 60.7 Å². The molecule has 0 bridgehead atoms. The highest BCUT2D eigenvalue weighted by molar-refractivity contribution is 5.23. The number of aromatic nitrogens is 4. The van der Waals surface area contributed by atoms with Crippen molar-refractivity contribution in [1.29, 1.82) is 0 Å². The molecule has 30 heavy (non-hydrogen) atoms. The summed E-state index contributed by atoms with van der Waals surface area (Å²) in [5, 5.41) is 13.0. The maximum atomic E-state index is 4.53. The van der Waals surface area contributed by atoms with Crippen molar-refractivity contribution in [3.63, 3.8) is 0 Å². The van der Waals surface area contributed by atoms with E-state index >= 15 is 0 Å². The van der Waals surface area contributed by atoms with Crippen LogP contribution < -0.4 is 9.80 Å². The summed E-state index contributed by atoms with van der Waals surface area (Å²) >= 11 is 0. The van der Waals surface area contributed by atoms with Crippen molar-refractivity contribution in [2.75, 3.05) is 26.2 Å². The Bertz CT molecular complexity index is 911. The molecule has 1 aromatic heterocycles. The zero-order valence-electron chi connectivity index (χ0n) is 17.6. The van der Waals surface area contributed by atoms with Crippen molar-refractivity contribution in [3.8, 4) is 0 Å². The van der Waals surface area contributed by atoms with Gasteiger partial charge < -0.3 is 9.80 Å². The van der Waals surface area contributed by atoms with Gasteiger partial charge in [-0.25, -0.2) is 4.68 Å². The molecule has 2 fully saturated rings. The Morgan fingerprint density at radius 3 is 2.23 bits per heavy atom. The van der Waals surface area contributed by atoms with E-state index in [9.17, 15) is 0 Å². The largest absolute Gasteiger partial charge is 0.323 e. The monoisotopic (exact) mass is 404 g/mol. The normalized spacial score (nSPS) is 23.5. The lowest BCUT2D eigenvalue weighted by atomic mass is 10.0. The Labute approximate surface area is 178 Å². The molecule has 1 aliphatic heterocycles. The predicted octanol–water partition coefficient (Wildman–Crippen LogP) is 0.537. The van der Waals surface area contributed by atoms with Gasteiger partial charge in [0, 0.05) is 5.56 Å². The Hall–Kier alpha value is -2.57. The molecule has 2 N–H and O–H groups in total. The first-order valence-electron chi connectivity index (χ1n) is 11.4. The molecule has 2 aromatic carbocycles. The van der Waals surface area contributed by atoms with Gasteiger partial charge in [0.15, 0.2) is 6.04 Å². The molecule has 2 heterocycles. The van der Waals surface area contributed by atoms with Crippen molar-refractivity contribution in [1.82, 2.24) is 20.2 Å². The van der Waals surface area contributed by atoms with Gasteiger partial charge in [-0.1, -0.05) is 60.7 Å². The number of quaternary nitrogens is 2. The lowest BCUT2D eigenvalue weighted by Crippen LogP contribution is -3.29. The highest BCUT2D eigenvalue weighted by Crippen LogP contribution is 2.18. The summed E-state index contributed by atoms with van der Waals surface area (Å²) in [5.41, 5.74) is 2.53. The van der Waals surface area contributed by atoms with Gasteiger partial charge in [-0.05, 0) is 41.7 Å². The molecule has 0 unspecified atom stereocenters. The summed E-state index contributed by atoms with van der Waals surface area (Å²) < 4.78 is 2.00. The van der Waals surface area contributed by atoms with E-state index in [2.05, 4.69) is 70.1 Å². The third-order valence-corrected chi connectivity index (χ3v) is 7.00. The van der Waals surface area contributed by atoms with Crippen LogP contribution >= 0.6 is 0 Å². The van der Waals surface area contributed by atoms with Gasteiger partial charge in [0.25, 0.3) is 0 Å². The molecule has 6 heteroatoms. The van der Waals surface area contributed by atoms with Crippen molar-refractivity contribution in [3.05, 3.63) is 77.6 Å². The molecule has 1 atom stereocenters. The molecular formula is C24H32N6+2. The predicted molar refractivity (Wildman–Crippen MR) is 115 cm³/mol. The summed E-state index contributed by atoms with van der Waals surface area (Å²) in [5.74, 6) is 0.976. The lowest BCUT2D eigenvalue weighted by molar-refractivity contribution is -1.03. The van der Waals surface area contributed by atoms with Gasteiger partial charge in [-0.3, -0.25) is 0 Å². The standard InChI is InChI=1S/C24H30N6/c1-3-9-20(10-4-1)19-30-24(25-26-27-30)23(21-11-5-2-6-12-21)29-17-15-28(16-18-29)22-13-7-8-14-22/h1-6,9-12,22-23H,7-8,13-19H2/p+2/t23-/m1/s1. The fraction of sp³-hybridized carbons (Fsp3) is 0.458. The summed E-state index contributed by atoms with van der Waals surface area (Å²) in [4.78, 5) is 3.42. The molecule has 1 saturated carbocycles. The summed E-state index contributed by atoms with van der Waals surface area (Å²) in [6.07, 6.45) is 5.68. The van der Waals surface area contributed by atoms with Gasteiger partial charge in [0.05, 0.1) is 12.6 Å². The maximum absolute atomic E-state index is 4.53. The van der Waals surface area contributed by atoms with Gasteiger partial charge in [-0.15, -0.1) is 5.10 Å². The van der Waals surface area contributed by atoms with Crippen LogP contribution in [0.1, 0.15) is 48.7 Å². The molecule has 0 amide bonds. The second kappa shape index (κ2) is 9.06. The number of benzene rings is 2. The number of rotatable bonds is 6. The van der Waals surface area contributed by atoms with E-state index in [1.165, 1.54) is 63.0 Å². The Morgan fingerprint density at radius 2 is 1.53 bits per heavy atom. The SMILES string of the molecule is c1ccc(Cn2nnnc2[C@@H](c2ccccc2)[NH+]2CC[NH+](C3CCCC3)CC2)cc1. The van der Waals surface area contributed by atoms with E-state index in [1.54, 1.807) is 4.90 Å². The summed E-state index contributed by atoms with van der Waals surface area (Å²) in [6, 6.07) is 22.4. The second-order valence-corrected chi connectivity index (χ2v) is 8.82. The van der Waals surface area contributed by atoms with Crippen LogP contribution in [0.2, 0.25) is 0 Å². The van der Waals surface area contributed by atoms with Gasteiger partial charge >= 0.3 is 0 Å². The van der Waals surface area contributed by atoms with E-state index in [1.807, 2.05) is 15.6 Å². The average molecular weight is 405 g/mol. The maximum Gasteiger partial charge on any atom is 0.214 e. The minimum absolute atomic E-state index is 0.176. The summed E-state index contributed by atoms with van der Waals surface area (Å²) in [7, 11) is 0. The van der Waals surface area contributed by atoms with Crippen LogP contribution in [0.25, 0.3) is 0 Å². The molecule has 156 valence electrons. The van der Waals surface area contributed by atoms with Gasteiger partial charge in [0.1, 0.15) is 26.2 Å². The van der Waals surface area contributed by atoms with Crippen LogP contribution in [-0.2, 0) is 6.54 Å². The topological polar surface area (TPSA) is 52.5 Å². The van der Waals surface area contributed by atoms with Crippen molar-refractivity contribution >= 4 is 0 Å². The fourth-order valence-electron chi connectivity index (χ4n) is 5.42. The van der Waals surface area contributed by atoms with Gasteiger partial charge in [0.2, 0.25) is 5.82 Å². The third kappa shape index (κ3) is 4.16. The zero-order chi connectivity index (χ0) is 20.2. The molecule has 5 rings (SSSR count). The van der Waals surface area contributed by atoms with E-state index in [-0.39, 0.29) is 6.04 Å². The molecule has 2 aliphatic rings. The number of hydrogen-bond acceptors (Lipinski definition) is 3. The first-order chi connectivity index (χ1) is 14.9. The van der Waals surface area contributed by atoms with E-state index in [0.717, 1.165) is 11.9 Å². The molecule has 3 aromatic rings. The molecular weight excluding hydrogens is 372 g/mol. The highest BCUT2D eigenvalue weighted by atomic mass is 15.6. The number of nitrogens with zero attached hydrogens (tertiary/aromatic N) is 4. The summed E-state index contributed by atoms with van der Waals surface area (Å²) in [6.45, 7) is 5.56. The van der Waals surface area contributed by atoms with Crippen molar-refractivity contribution in [2.24, 2.45) is 0 Å². The number of piperazine rings is 1. The lowest BCUT2D eigenvalue weighted by Gasteiger charge is -2.36. The smallest absolute Gasteiger partial charge is 0.214 e. The minimum atomic E-state index is 0.176. The van der Waals surface area contributed by atoms with Crippen LogP contribution in [0, 0.1) is 0 Å². The molecule has 0 radical (unpaired) electrons. The van der Waals surface area contributed by atoms with Crippen LogP contribution in [0.5, 0.6) is 0 Å². The zero-order valence-corrected chi connectivity index (χ0v) is 17.6. The first kappa shape index (κ1) is 19.4. The Balaban J connectivity index is 1.39. The van der Waals surface area contributed by atoms with Gasteiger partial charge in [-0.2, -0.15) is 0 Å². The Morgan fingerprint density at radius 1 is 0.867 bits per heavy atom. The third-order valence-electron chi connectivity index (χ3n) is 7.00. The fourth-order valence-corrected chi connectivity index (χ4v) is 5.42. The second-order valence-electron chi connectivity index (χ2n) is 8.82. The van der Waals surface area contributed by atoms with E-state index in [4.69, 9.17) is 0 Å². The van der Waals surface area contributed by atoms with Crippen LogP contribution in [0.4, 0.5) is 0 Å². The van der Waals surface area contributed by atoms with Crippen LogP contribution in [0.3, 0.4) is 0 Å². The van der Waals surface area contributed by atoms with Crippen LogP contribution in [-0.4, -0.2) is 52.4 Å². The molecule has 0 spiro atoms. The molecule has 1 aliphatic carbocycles. The minimum Gasteiger partial charge on any atom is -0.323 e. The number of tetrazole rings is 1. The quantitative estimate of drug-likeness (QED) is 0.631.